The third kappa shape index (κ3) is 4.22. The Balaban J connectivity index is 2.03. The van der Waals surface area contributed by atoms with Crippen LogP contribution in [0.25, 0.3) is 0 Å². The summed E-state index contributed by atoms with van der Waals surface area (Å²) in [6.07, 6.45) is 0. The highest BCUT2D eigenvalue weighted by atomic mass is 16.6. The average Bonchev–Trinajstić information content (AvgIpc) is 3.05. The second kappa shape index (κ2) is 7.95. The fourth-order valence-corrected chi connectivity index (χ4v) is 2.00. The van der Waals surface area contributed by atoms with Gasteiger partial charge in [-0.15, -0.1) is 5.10 Å². The van der Waals surface area contributed by atoms with Crippen LogP contribution in [0.4, 0.5) is 5.82 Å². The predicted octanol–water partition coefficient (Wildman–Crippen LogP) is 2.05. The Morgan fingerprint density at radius 1 is 1.25 bits per heavy atom. The number of benzene rings is 1. The number of ether oxygens (including phenoxy) is 2. The smallest absolute Gasteiger partial charge is 0.343 e. The van der Waals surface area contributed by atoms with E-state index in [1.165, 1.54) is 0 Å². The SMILES string of the molecule is CCOc1ccc(CNC(=O)c2cc([N+](=O)[O-])[nH]n2)cc1OCC. The highest BCUT2D eigenvalue weighted by Gasteiger charge is 2.16. The molecule has 1 amide bonds. The molecule has 1 aromatic heterocycles. The summed E-state index contributed by atoms with van der Waals surface area (Å²) in [7, 11) is 0. The third-order valence-corrected chi connectivity index (χ3v) is 3.05. The Labute approximate surface area is 138 Å². The fraction of sp³-hybridized carbons (Fsp3) is 0.333. The van der Waals surface area contributed by atoms with Gasteiger partial charge in [-0.25, -0.2) is 0 Å². The Morgan fingerprint density at radius 3 is 2.58 bits per heavy atom. The molecule has 0 fully saturated rings. The van der Waals surface area contributed by atoms with Gasteiger partial charge < -0.3 is 24.9 Å². The van der Waals surface area contributed by atoms with Crippen molar-refractivity contribution < 1.29 is 19.2 Å². The monoisotopic (exact) mass is 334 g/mol. The molecule has 0 aliphatic heterocycles. The van der Waals surface area contributed by atoms with Gasteiger partial charge in [0, 0.05) is 6.54 Å². The zero-order valence-corrected chi connectivity index (χ0v) is 13.4. The molecule has 2 N–H and O–H groups in total. The summed E-state index contributed by atoms with van der Waals surface area (Å²) in [5.74, 6) is 0.393. The van der Waals surface area contributed by atoms with Crippen LogP contribution in [-0.2, 0) is 6.54 Å². The molecule has 0 saturated heterocycles. The van der Waals surface area contributed by atoms with Crippen molar-refractivity contribution in [2.75, 3.05) is 13.2 Å². The molecule has 0 radical (unpaired) electrons. The van der Waals surface area contributed by atoms with Crippen LogP contribution < -0.4 is 14.8 Å². The molecule has 1 aromatic carbocycles. The predicted molar refractivity (Wildman–Crippen MR) is 85.2 cm³/mol. The van der Waals surface area contributed by atoms with Crippen LogP contribution in [0.1, 0.15) is 29.9 Å². The summed E-state index contributed by atoms with van der Waals surface area (Å²) in [6.45, 7) is 4.99. The minimum atomic E-state index is -0.648. The number of hydrogen-bond acceptors (Lipinski definition) is 6. The van der Waals surface area contributed by atoms with E-state index in [1.807, 2.05) is 13.8 Å². The number of carbonyl (C=O) groups is 1. The van der Waals surface area contributed by atoms with E-state index in [-0.39, 0.29) is 18.1 Å². The molecule has 1 heterocycles. The van der Waals surface area contributed by atoms with E-state index < -0.39 is 10.8 Å². The number of carbonyl (C=O) groups excluding carboxylic acids is 1. The molecule has 0 bridgehead atoms. The van der Waals surface area contributed by atoms with Crippen molar-refractivity contribution in [1.82, 2.24) is 15.5 Å². The van der Waals surface area contributed by atoms with E-state index >= 15 is 0 Å². The second-order valence-electron chi connectivity index (χ2n) is 4.73. The van der Waals surface area contributed by atoms with Gasteiger partial charge in [0.25, 0.3) is 5.91 Å². The minimum absolute atomic E-state index is 0.0438. The first-order chi connectivity index (χ1) is 11.5. The molecule has 2 rings (SSSR count). The van der Waals surface area contributed by atoms with Gasteiger partial charge in [-0.05, 0) is 36.5 Å². The van der Waals surface area contributed by atoms with Crippen molar-refractivity contribution in [1.29, 1.82) is 0 Å². The highest BCUT2D eigenvalue weighted by molar-refractivity contribution is 5.92. The van der Waals surface area contributed by atoms with Gasteiger partial charge in [-0.2, -0.15) is 0 Å². The number of nitrogens with one attached hydrogen (secondary N) is 2. The van der Waals surface area contributed by atoms with E-state index in [0.29, 0.717) is 24.7 Å². The van der Waals surface area contributed by atoms with Crippen LogP contribution in [0.3, 0.4) is 0 Å². The van der Waals surface area contributed by atoms with Crippen LogP contribution in [-0.4, -0.2) is 34.2 Å². The molecule has 128 valence electrons. The molecule has 9 heteroatoms. The molecule has 9 nitrogen and oxygen atoms in total. The molecule has 24 heavy (non-hydrogen) atoms. The Hall–Kier alpha value is -3.10. The van der Waals surface area contributed by atoms with Crippen molar-refractivity contribution in [3.8, 4) is 11.5 Å². The summed E-state index contributed by atoms with van der Waals surface area (Å²) >= 11 is 0. The van der Waals surface area contributed by atoms with Gasteiger partial charge in [0.05, 0.1) is 19.3 Å². The fourth-order valence-electron chi connectivity index (χ4n) is 2.00. The number of amides is 1. The van der Waals surface area contributed by atoms with Gasteiger partial charge in [0.15, 0.2) is 17.2 Å². The van der Waals surface area contributed by atoms with E-state index in [0.717, 1.165) is 11.6 Å². The Kier molecular flexibility index (Phi) is 5.72. The summed E-state index contributed by atoms with van der Waals surface area (Å²) in [6, 6.07) is 6.44. The summed E-state index contributed by atoms with van der Waals surface area (Å²) in [5, 5.41) is 19.0. The first kappa shape index (κ1) is 17.3. The molecular formula is C15H18N4O5. The topological polar surface area (TPSA) is 119 Å². The van der Waals surface area contributed by atoms with Crippen LogP contribution >= 0.6 is 0 Å². The zero-order chi connectivity index (χ0) is 17.5. The number of nitro groups is 1. The zero-order valence-electron chi connectivity index (χ0n) is 13.4. The first-order valence-corrected chi connectivity index (χ1v) is 7.41. The third-order valence-electron chi connectivity index (χ3n) is 3.05. The molecule has 0 unspecified atom stereocenters. The van der Waals surface area contributed by atoms with Crippen LogP contribution in [0.5, 0.6) is 11.5 Å². The molecule has 0 spiro atoms. The number of hydrogen-bond donors (Lipinski definition) is 2. The molecule has 0 aliphatic carbocycles. The van der Waals surface area contributed by atoms with Crippen LogP contribution in [0, 0.1) is 10.1 Å². The number of aromatic nitrogens is 2. The summed E-state index contributed by atoms with van der Waals surface area (Å²) in [4.78, 5) is 21.9. The van der Waals surface area contributed by atoms with Crippen molar-refractivity contribution in [3.05, 3.63) is 45.6 Å². The molecule has 0 saturated carbocycles. The molecule has 2 aromatic rings. The van der Waals surface area contributed by atoms with E-state index in [4.69, 9.17) is 9.47 Å². The largest absolute Gasteiger partial charge is 0.490 e. The number of nitrogens with zero attached hydrogens (tertiary/aromatic N) is 2. The van der Waals surface area contributed by atoms with Crippen LogP contribution in [0.2, 0.25) is 0 Å². The van der Waals surface area contributed by atoms with Crippen molar-refractivity contribution >= 4 is 11.7 Å². The Morgan fingerprint density at radius 2 is 1.96 bits per heavy atom. The van der Waals surface area contributed by atoms with Crippen LogP contribution in [0.15, 0.2) is 24.3 Å². The lowest BCUT2D eigenvalue weighted by molar-refractivity contribution is -0.389. The van der Waals surface area contributed by atoms with Gasteiger partial charge in [-0.1, -0.05) is 11.2 Å². The minimum Gasteiger partial charge on any atom is -0.490 e. The quantitative estimate of drug-likeness (QED) is 0.563. The number of aromatic amines is 1. The maximum Gasteiger partial charge on any atom is 0.343 e. The number of H-pyrrole nitrogens is 1. The Bertz CT molecular complexity index is 728. The standard InChI is InChI=1S/C15H18N4O5/c1-3-23-12-6-5-10(7-13(12)24-4-2)9-16-15(20)11-8-14(18-17-11)19(21)22/h5-8H,3-4,9H2,1-2H3,(H,16,20)(H,17,18). The normalized spacial score (nSPS) is 10.2. The lowest BCUT2D eigenvalue weighted by Crippen LogP contribution is -2.23. The maximum atomic E-state index is 12.0. The van der Waals surface area contributed by atoms with E-state index in [9.17, 15) is 14.9 Å². The lowest BCUT2D eigenvalue weighted by Gasteiger charge is -2.12. The number of rotatable bonds is 8. The van der Waals surface area contributed by atoms with Gasteiger partial charge in [0.2, 0.25) is 0 Å². The van der Waals surface area contributed by atoms with Gasteiger partial charge in [-0.3, -0.25) is 4.79 Å². The summed E-state index contributed by atoms with van der Waals surface area (Å²) in [5.41, 5.74) is 0.762. The van der Waals surface area contributed by atoms with Gasteiger partial charge >= 0.3 is 5.82 Å². The van der Waals surface area contributed by atoms with E-state index in [2.05, 4.69) is 15.5 Å². The lowest BCUT2D eigenvalue weighted by atomic mass is 10.2. The second-order valence-corrected chi connectivity index (χ2v) is 4.73. The van der Waals surface area contributed by atoms with Crippen molar-refractivity contribution in [2.24, 2.45) is 0 Å². The van der Waals surface area contributed by atoms with Gasteiger partial charge in [0.1, 0.15) is 0 Å². The van der Waals surface area contributed by atoms with Crippen molar-refractivity contribution in [3.63, 3.8) is 0 Å². The highest BCUT2D eigenvalue weighted by Crippen LogP contribution is 2.28. The van der Waals surface area contributed by atoms with E-state index in [1.54, 1.807) is 18.2 Å². The molecule has 0 atom stereocenters. The average molecular weight is 334 g/mol. The first-order valence-electron chi connectivity index (χ1n) is 7.41. The maximum absolute atomic E-state index is 12.0. The molecular weight excluding hydrogens is 316 g/mol. The summed E-state index contributed by atoms with van der Waals surface area (Å²) < 4.78 is 11.0. The molecule has 0 aliphatic rings. The van der Waals surface area contributed by atoms with Crippen molar-refractivity contribution in [2.45, 2.75) is 20.4 Å².